The summed E-state index contributed by atoms with van der Waals surface area (Å²) >= 11 is 0. The standard InChI is InChI=1S/C13H18N2O5/c1-3-5-15(8-12(18)20-4-2)13(19)9-6-10(16)14-11(17)7-9/h6-7H,3-5,8H2,1-2H3,(H2,14,16,17). The number of nitrogens with one attached hydrogen (secondary N) is 1. The summed E-state index contributed by atoms with van der Waals surface area (Å²) in [6.45, 7) is 3.94. The van der Waals surface area contributed by atoms with Crippen LogP contribution in [0.1, 0.15) is 30.6 Å². The lowest BCUT2D eigenvalue weighted by atomic mass is 10.2. The number of aromatic hydroxyl groups is 1. The third kappa shape index (κ3) is 4.42. The first-order chi connectivity index (χ1) is 9.47. The molecule has 110 valence electrons. The van der Waals surface area contributed by atoms with Gasteiger partial charge in [-0.15, -0.1) is 0 Å². The number of carbonyl (C=O) groups is 2. The Labute approximate surface area is 116 Å². The monoisotopic (exact) mass is 282 g/mol. The van der Waals surface area contributed by atoms with Gasteiger partial charge in [0, 0.05) is 18.7 Å². The molecule has 0 radical (unpaired) electrons. The van der Waals surface area contributed by atoms with Crippen LogP contribution in [0.2, 0.25) is 0 Å². The molecule has 0 aliphatic heterocycles. The molecule has 0 fully saturated rings. The van der Waals surface area contributed by atoms with E-state index < -0.39 is 23.3 Å². The molecule has 0 saturated carbocycles. The second-order valence-electron chi connectivity index (χ2n) is 4.15. The number of carbonyl (C=O) groups excluding carboxylic acids is 2. The summed E-state index contributed by atoms with van der Waals surface area (Å²) in [4.78, 5) is 38.4. The fourth-order valence-corrected chi connectivity index (χ4v) is 1.72. The minimum atomic E-state index is -0.582. The van der Waals surface area contributed by atoms with Gasteiger partial charge in [-0.05, 0) is 13.3 Å². The number of amides is 1. The molecule has 0 unspecified atom stereocenters. The van der Waals surface area contributed by atoms with E-state index in [-0.39, 0.29) is 18.7 Å². The van der Waals surface area contributed by atoms with Gasteiger partial charge in [0.05, 0.1) is 12.2 Å². The third-order valence-electron chi connectivity index (χ3n) is 2.48. The SMILES string of the molecule is CCCN(CC(=O)OCC)C(=O)c1cc(O)[nH]c(=O)c1. The van der Waals surface area contributed by atoms with E-state index in [2.05, 4.69) is 4.98 Å². The fourth-order valence-electron chi connectivity index (χ4n) is 1.72. The molecule has 1 aromatic rings. The Morgan fingerprint density at radius 3 is 2.60 bits per heavy atom. The summed E-state index contributed by atoms with van der Waals surface area (Å²) in [5.74, 6) is -1.40. The van der Waals surface area contributed by atoms with E-state index in [9.17, 15) is 19.5 Å². The van der Waals surface area contributed by atoms with E-state index in [1.54, 1.807) is 6.92 Å². The zero-order valence-electron chi connectivity index (χ0n) is 11.5. The van der Waals surface area contributed by atoms with Crippen LogP contribution >= 0.6 is 0 Å². The van der Waals surface area contributed by atoms with Gasteiger partial charge in [-0.2, -0.15) is 0 Å². The Morgan fingerprint density at radius 2 is 2.05 bits per heavy atom. The van der Waals surface area contributed by atoms with Gasteiger partial charge in [-0.3, -0.25) is 19.4 Å². The fraction of sp³-hybridized carbons (Fsp3) is 0.462. The molecule has 0 saturated heterocycles. The van der Waals surface area contributed by atoms with Crippen molar-refractivity contribution in [1.29, 1.82) is 0 Å². The molecule has 20 heavy (non-hydrogen) atoms. The normalized spacial score (nSPS) is 10.1. The number of rotatable bonds is 6. The second kappa shape index (κ2) is 7.32. The van der Waals surface area contributed by atoms with Gasteiger partial charge in [0.2, 0.25) is 0 Å². The Hall–Kier alpha value is -2.31. The zero-order valence-corrected chi connectivity index (χ0v) is 11.5. The highest BCUT2D eigenvalue weighted by Crippen LogP contribution is 2.08. The summed E-state index contributed by atoms with van der Waals surface area (Å²) in [5.41, 5.74) is -0.551. The topological polar surface area (TPSA) is 99.7 Å². The molecule has 1 aromatic heterocycles. The van der Waals surface area contributed by atoms with Crippen molar-refractivity contribution < 1.29 is 19.4 Å². The first-order valence-electron chi connectivity index (χ1n) is 6.36. The first kappa shape index (κ1) is 15.7. The number of aromatic amines is 1. The van der Waals surface area contributed by atoms with Gasteiger partial charge in [-0.25, -0.2) is 0 Å². The van der Waals surface area contributed by atoms with E-state index in [0.29, 0.717) is 13.0 Å². The van der Waals surface area contributed by atoms with Gasteiger partial charge in [0.1, 0.15) is 6.54 Å². The average Bonchev–Trinajstić information content (AvgIpc) is 2.36. The van der Waals surface area contributed by atoms with Crippen LogP contribution in [-0.4, -0.2) is 46.6 Å². The highest BCUT2D eigenvalue weighted by molar-refractivity contribution is 5.96. The minimum Gasteiger partial charge on any atom is -0.494 e. The van der Waals surface area contributed by atoms with E-state index >= 15 is 0 Å². The number of hydrogen-bond donors (Lipinski definition) is 2. The molecule has 0 atom stereocenters. The van der Waals surface area contributed by atoms with Crippen molar-refractivity contribution in [3.8, 4) is 5.88 Å². The van der Waals surface area contributed by atoms with Crippen LogP contribution < -0.4 is 5.56 Å². The van der Waals surface area contributed by atoms with Crippen molar-refractivity contribution in [1.82, 2.24) is 9.88 Å². The van der Waals surface area contributed by atoms with Gasteiger partial charge in [-0.1, -0.05) is 6.92 Å². The van der Waals surface area contributed by atoms with Crippen LogP contribution in [0.25, 0.3) is 0 Å². The lowest BCUT2D eigenvalue weighted by Crippen LogP contribution is -2.37. The van der Waals surface area contributed by atoms with Gasteiger partial charge >= 0.3 is 5.97 Å². The molecule has 7 nitrogen and oxygen atoms in total. The second-order valence-corrected chi connectivity index (χ2v) is 4.15. The molecule has 1 rings (SSSR count). The Bertz CT molecular complexity index is 538. The molecular weight excluding hydrogens is 264 g/mol. The van der Waals surface area contributed by atoms with Crippen LogP contribution in [0.5, 0.6) is 5.88 Å². The van der Waals surface area contributed by atoms with Gasteiger partial charge in [0.25, 0.3) is 11.5 Å². The smallest absolute Gasteiger partial charge is 0.325 e. The zero-order chi connectivity index (χ0) is 15.1. The molecule has 1 amide bonds. The highest BCUT2D eigenvalue weighted by Gasteiger charge is 2.19. The molecule has 0 bridgehead atoms. The molecular formula is C13H18N2O5. The Kier molecular flexibility index (Phi) is 5.76. The number of pyridine rings is 1. The lowest BCUT2D eigenvalue weighted by Gasteiger charge is -2.21. The molecule has 7 heteroatoms. The molecule has 0 aliphatic rings. The number of H-pyrrole nitrogens is 1. The van der Waals surface area contributed by atoms with E-state index in [4.69, 9.17) is 4.74 Å². The number of nitrogens with zero attached hydrogens (tertiary/aromatic N) is 1. The predicted octanol–water partition coefficient (Wildman–Crippen LogP) is 0.496. The predicted molar refractivity (Wildman–Crippen MR) is 71.6 cm³/mol. The number of ether oxygens (including phenoxy) is 1. The van der Waals surface area contributed by atoms with Crippen LogP contribution in [0.15, 0.2) is 16.9 Å². The maximum Gasteiger partial charge on any atom is 0.325 e. The summed E-state index contributed by atoms with van der Waals surface area (Å²) in [6.07, 6.45) is 0.653. The van der Waals surface area contributed by atoms with E-state index in [0.717, 1.165) is 12.1 Å². The molecule has 0 spiro atoms. The van der Waals surface area contributed by atoms with Crippen molar-refractivity contribution in [2.45, 2.75) is 20.3 Å². The van der Waals surface area contributed by atoms with E-state index in [1.807, 2.05) is 6.92 Å². The van der Waals surface area contributed by atoms with Crippen LogP contribution in [0.3, 0.4) is 0 Å². The summed E-state index contributed by atoms with van der Waals surface area (Å²) in [5, 5.41) is 9.30. The Balaban J connectivity index is 2.92. The van der Waals surface area contributed by atoms with Crippen molar-refractivity contribution in [3.63, 3.8) is 0 Å². The van der Waals surface area contributed by atoms with Crippen molar-refractivity contribution >= 4 is 11.9 Å². The van der Waals surface area contributed by atoms with Crippen LogP contribution in [0, 0.1) is 0 Å². The maximum atomic E-state index is 12.2. The Morgan fingerprint density at radius 1 is 1.35 bits per heavy atom. The van der Waals surface area contributed by atoms with Crippen molar-refractivity contribution in [2.24, 2.45) is 0 Å². The number of hydrogen-bond acceptors (Lipinski definition) is 5. The van der Waals surface area contributed by atoms with Crippen LogP contribution in [-0.2, 0) is 9.53 Å². The number of esters is 1. The van der Waals surface area contributed by atoms with Crippen LogP contribution in [0.4, 0.5) is 0 Å². The summed E-state index contributed by atoms with van der Waals surface area (Å²) in [6, 6.07) is 2.23. The largest absolute Gasteiger partial charge is 0.494 e. The third-order valence-corrected chi connectivity index (χ3v) is 2.48. The van der Waals surface area contributed by atoms with Crippen molar-refractivity contribution in [3.05, 3.63) is 28.0 Å². The first-order valence-corrected chi connectivity index (χ1v) is 6.36. The van der Waals surface area contributed by atoms with Gasteiger partial charge < -0.3 is 14.7 Å². The molecule has 0 aliphatic carbocycles. The lowest BCUT2D eigenvalue weighted by molar-refractivity contribution is -0.143. The highest BCUT2D eigenvalue weighted by atomic mass is 16.5. The quantitative estimate of drug-likeness (QED) is 0.740. The summed E-state index contributed by atoms with van der Waals surface area (Å²) in [7, 11) is 0. The molecule has 2 N–H and O–H groups in total. The number of aromatic nitrogens is 1. The summed E-state index contributed by atoms with van der Waals surface area (Å²) < 4.78 is 4.80. The average molecular weight is 282 g/mol. The van der Waals surface area contributed by atoms with Crippen molar-refractivity contribution in [2.75, 3.05) is 19.7 Å². The van der Waals surface area contributed by atoms with Gasteiger partial charge in [0.15, 0.2) is 5.88 Å². The van der Waals surface area contributed by atoms with E-state index in [1.165, 1.54) is 4.90 Å². The maximum absolute atomic E-state index is 12.2. The molecule has 0 aromatic carbocycles. The molecule has 1 heterocycles. The minimum absolute atomic E-state index is 0.0315.